The van der Waals surface area contributed by atoms with Gasteiger partial charge in [0.25, 0.3) is 0 Å². The van der Waals surface area contributed by atoms with Gasteiger partial charge in [-0.15, -0.1) is 0 Å². The minimum absolute atomic E-state index is 0.205. The molecule has 2 heterocycles. The predicted molar refractivity (Wildman–Crippen MR) is 66.8 cm³/mol. The van der Waals surface area contributed by atoms with Crippen LogP contribution in [0.15, 0.2) is 0 Å². The molecule has 0 aromatic rings. The first-order chi connectivity index (χ1) is 8.17. The van der Waals surface area contributed by atoms with Gasteiger partial charge in [0.2, 0.25) is 5.91 Å². The van der Waals surface area contributed by atoms with Gasteiger partial charge in [-0.2, -0.15) is 0 Å². The van der Waals surface area contributed by atoms with E-state index in [2.05, 4.69) is 24.1 Å². The summed E-state index contributed by atoms with van der Waals surface area (Å²) in [5, 5.41) is 3.35. The zero-order valence-corrected chi connectivity index (χ0v) is 11.0. The molecule has 2 fully saturated rings. The Morgan fingerprint density at radius 3 is 3.06 bits per heavy atom. The van der Waals surface area contributed by atoms with Gasteiger partial charge in [0.05, 0.1) is 24.7 Å². The number of morpholine rings is 1. The van der Waals surface area contributed by atoms with Crippen molar-refractivity contribution in [3.63, 3.8) is 0 Å². The van der Waals surface area contributed by atoms with Crippen LogP contribution >= 0.6 is 0 Å². The number of carbonyl (C=O) groups is 1. The first-order valence-corrected chi connectivity index (χ1v) is 6.77. The molecule has 2 atom stereocenters. The van der Waals surface area contributed by atoms with Crippen LogP contribution in [0.1, 0.15) is 33.1 Å². The summed E-state index contributed by atoms with van der Waals surface area (Å²) in [4.78, 5) is 14.7. The summed E-state index contributed by atoms with van der Waals surface area (Å²) < 4.78 is 5.46. The number of carbonyl (C=O) groups excluding carboxylic acids is 1. The van der Waals surface area contributed by atoms with E-state index in [0.717, 1.165) is 38.9 Å². The van der Waals surface area contributed by atoms with Crippen molar-refractivity contribution in [1.82, 2.24) is 10.2 Å². The van der Waals surface area contributed by atoms with Crippen molar-refractivity contribution < 1.29 is 9.53 Å². The molecule has 17 heavy (non-hydrogen) atoms. The standard InChI is InChI=1S/C13H24N2O2/c1-3-11-9-17-8-7-15(11)12(16)13(2)5-4-6-14-10-13/h11,14H,3-10H2,1-2H3. The molecule has 4 heteroatoms. The molecule has 0 aromatic heterocycles. The molecule has 4 nitrogen and oxygen atoms in total. The Morgan fingerprint density at radius 2 is 2.41 bits per heavy atom. The number of hydrogen-bond acceptors (Lipinski definition) is 3. The summed E-state index contributed by atoms with van der Waals surface area (Å²) >= 11 is 0. The third kappa shape index (κ3) is 2.63. The molecule has 2 saturated heterocycles. The van der Waals surface area contributed by atoms with E-state index in [4.69, 9.17) is 4.74 Å². The van der Waals surface area contributed by atoms with E-state index in [-0.39, 0.29) is 11.5 Å². The molecule has 0 aliphatic carbocycles. The molecule has 0 radical (unpaired) electrons. The Balaban J connectivity index is 2.06. The molecule has 98 valence electrons. The highest BCUT2D eigenvalue weighted by Gasteiger charge is 2.40. The summed E-state index contributed by atoms with van der Waals surface area (Å²) in [5.41, 5.74) is -0.205. The largest absolute Gasteiger partial charge is 0.377 e. The van der Waals surface area contributed by atoms with Crippen LogP contribution < -0.4 is 5.32 Å². The van der Waals surface area contributed by atoms with Crippen molar-refractivity contribution in [3.05, 3.63) is 0 Å². The highest BCUT2D eigenvalue weighted by Crippen LogP contribution is 2.29. The zero-order valence-electron chi connectivity index (χ0n) is 11.0. The van der Waals surface area contributed by atoms with E-state index in [9.17, 15) is 4.79 Å². The summed E-state index contributed by atoms with van der Waals surface area (Å²) in [7, 11) is 0. The molecule has 0 spiro atoms. The first-order valence-electron chi connectivity index (χ1n) is 6.77. The van der Waals surface area contributed by atoms with Gasteiger partial charge in [0.15, 0.2) is 0 Å². The maximum absolute atomic E-state index is 12.7. The molecule has 2 aliphatic heterocycles. The Hall–Kier alpha value is -0.610. The van der Waals surface area contributed by atoms with Gasteiger partial charge in [-0.3, -0.25) is 4.79 Å². The van der Waals surface area contributed by atoms with Gasteiger partial charge >= 0.3 is 0 Å². The first kappa shape index (κ1) is 12.8. The minimum Gasteiger partial charge on any atom is -0.377 e. The lowest BCUT2D eigenvalue weighted by molar-refractivity contribution is -0.151. The van der Waals surface area contributed by atoms with E-state index in [1.807, 2.05) is 0 Å². The molecule has 0 saturated carbocycles. The molecular weight excluding hydrogens is 216 g/mol. The summed E-state index contributed by atoms with van der Waals surface area (Å²) in [6.45, 7) is 8.23. The Kier molecular flexibility index (Phi) is 4.05. The van der Waals surface area contributed by atoms with Crippen LogP contribution in [0.25, 0.3) is 0 Å². The van der Waals surface area contributed by atoms with Gasteiger partial charge in [-0.1, -0.05) is 6.92 Å². The van der Waals surface area contributed by atoms with Crippen molar-refractivity contribution in [2.75, 3.05) is 32.8 Å². The third-order valence-electron chi connectivity index (χ3n) is 4.07. The maximum Gasteiger partial charge on any atom is 0.230 e. The summed E-state index contributed by atoms with van der Waals surface area (Å²) in [6.07, 6.45) is 3.09. The van der Waals surface area contributed by atoms with Gasteiger partial charge < -0.3 is 15.0 Å². The Morgan fingerprint density at radius 1 is 1.59 bits per heavy atom. The van der Waals surface area contributed by atoms with Gasteiger partial charge in [-0.25, -0.2) is 0 Å². The maximum atomic E-state index is 12.7. The average Bonchev–Trinajstić information content (AvgIpc) is 2.38. The van der Waals surface area contributed by atoms with E-state index < -0.39 is 0 Å². The van der Waals surface area contributed by atoms with Crippen LogP contribution in [0.3, 0.4) is 0 Å². The van der Waals surface area contributed by atoms with Crippen molar-refractivity contribution in [1.29, 1.82) is 0 Å². The Labute approximate surface area is 104 Å². The lowest BCUT2D eigenvalue weighted by Crippen LogP contribution is -2.56. The lowest BCUT2D eigenvalue weighted by atomic mass is 9.81. The molecule has 0 bridgehead atoms. The third-order valence-corrected chi connectivity index (χ3v) is 4.07. The topological polar surface area (TPSA) is 41.6 Å². The van der Waals surface area contributed by atoms with Gasteiger partial charge in [0.1, 0.15) is 0 Å². The normalized spacial score (nSPS) is 34.7. The smallest absolute Gasteiger partial charge is 0.230 e. The quantitative estimate of drug-likeness (QED) is 0.783. The average molecular weight is 240 g/mol. The molecule has 1 N–H and O–H groups in total. The summed E-state index contributed by atoms with van der Waals surface area (Å²) in [6, 6.07) is 0.273. The minimum atomic E-state index is -0.205. The van der Waals surface area contributed by atoms with Crippen LogP contribution in [0.5, 0.6) is 0 Å². The fourth-order valence-corrected chi connectivity index (χ4v) is 2.85. The van der Waals surface area contributed by atoms with Crippen LogP contribution in [0.2, 0.25) is 0 Å². The van der Waals surface area contributed by atoms with E-state index in [0.29, 0.717) is 19.1 Å². The second kappa shape index (κ2) is 5.36. The number of nitrogens with zero attached hydrogens (tertiary/aromatic N) is 1. The highest BCUT2D eigenvalue weighted by atomic mass is 16.5. The van der Waals surface area contributed by atoms with Crippen molar-refractivity contribution in [2.24, 2.45) is 5.41 Å². The molecule has 0 aromatic carbocycles. The van der Waals surface area contributed by atoms with Gasteiger partial charge in [-0.05, 0) is 32.7 Å². The van der Waals surface area contributed by atoms with Crippen molar-refractivity contribution in [2.45, 2.75) is 39.2 Å². The highest BCUT2D eigenvalue weighted by molar-refractivity contribution is 5.83. The fourth-order valence-electron chi connectivity index (χ4n) is 2.85. The van der Waals surface area contributed by atoms with Crippen LogP contribution in [0.4, 0.5) is 0 Å². The number of piperidine rings is 1. The predicted octanol–water partition coefficient (Wildman–Crippen LogP) is 1.01. The second-order valence-corrected chi connectivity index (χ2v) is 5.48. The number of nitrogens with one attached hydrogen (secondary N) is 1. The number of hydrogen-bond donors (Lipinski definition) is 1. The van der Waals surface area contributed by atoms with E-state index in [1.54, 1.807) is 0 Å². The molecule has 1 amide bonds. The number of ether oxygens (including phenoxy) is 1. The van der Waals surface area contributed by atoms with Crippen LogP contribution in [-0.2, 0) is 9.53 Å². The SMILES string of the molecule is CCC1COCCN1C(=O)C1(C)CCCNC1. The number of rotatable bonds is 2. The van der Waals surface area contributed by atoms with Crippen LogP contribution in [0, 0.1) is 5.41 Å². The van der Waals surface area contributed by atoms with E-state index >= 15 is 0 Å². The molecule has 2 unspecified atom stereocenters. The molecule has 2 rings (SSSR count). The lowest BCUT2D eigenvalue weighted by Gasteiger charge is -2.42. The zero-order chi connectivity index (χ0) is 12.3. The Bertz CT molecular complexity index is 275. The summed E-state index contributed by atoms with van der Waals surface area (Å²) in [5.74, 6) is 0.319. The number of amides is 1. The second-order valence-electron chi connectivity index (χ2n) is 5.48. The van der Waals surface area contributed by atoms with E-state index in [1.165, 1.54) is 0 Å². The monoisotopic (exact) mass is 240 g/mol. The van der Waals surface area contributed by atoms with Crippen molar-refractivity contribution in [3.8, 4) is 0 Å². The molecule has 2 aliphatic rings. The van der Waals surface area contributed by atoms with Crippen LogP contribution in [-0.4, -0.2) is 49.7 Å². The van der Waals surface area contributed by atoms with Gasteiger partial charge in [0, 0.05) is 13.1 Å². The van der Waals surface area contributed by atoms with Crippen molar-refractivity contribution >= 4 is 5.91 Å². The molecular formula is C13H24N2O2. The fraction of sp³-hybridized carbons (Fsp3) is 0.923.